The van der Waals surface area contributed by atoms with E-state index in [0.717, 1.165) is 10.8 Å². The number of benzene rings is 2. The van der Waals surface area contributed by atoms with Crippen LogP contribution in [0, 0.1) is 0 Å². The van der Waals surface area contributed by atoms with Gasteiger partial charge in [0, 0.05) is 50.2 Å². The maximum absolute atomic E-state index is 13.2. The number of carbonyl (C=O) groups excluding carboxylic acids is 1. The SMILES string of the molecule is O=C(CC1CN(S(=O)(=O)c2ccc3cc(Cl)ccc3c2)CCN1)N1CCOCC1. The Morgan fingerprint density at radius 1 is 1.10 bits per heavy atom. The molecule has 0 aliphatic carbocycles. The van der Waals surface area contributed by atoms with Crippen LogP contribution in [0.2, 0.25) is 5.02 Å². The summed E-state index contributed by atoms with van der Waals surface area (Å²) in [5, 5.41) is 5.61. The summed E-state index contributed by atoms with van der Waals surface area (Å²) < 4.78 is 33.1. The van der Waals surface area contributed by atoms with E-state index in [4.69, 9.17) is 16.3 Å². The van der Waals surface area contributed by atoms with E-state index in [1.54, 1.807) is 29.2 Å². The van der Waals surface area contributed by atoms with E-state index < -0.39 is 10.0 Å². The summed E-state index contributed by atoms with van der Waals surface area (Å²) in [7, 11) is -3.64. The minimum absolute atomic E-state index is 0.0348. The Labute approximate surface area is 175 Å². The second-order valence-electron chi connectivity index (χ2n) is 7.36. The minimum atomic E-state index is -3.64. The van der Waals surface area contributed by atoms with Gasteiger partial charge in [0.05, 0.1) is 18.1 Å². The molecule has 2 saturated heterocycles. The maximum atomic E-state index is 13.2. The number of halogens is 1. The summed E-state index contributed by atoms with van der Waals surface area (Å²) in [6.45, 7) is 3.46. The molecule has 0 bridgehead atoms. The van der Waals surface area contributed by atoms with E-state index in [2.05, 4.69) is 5.32 Å². The van der Waals surface area contributed by atoms with Gasteiger partial charge >= 0.3 is 0 Å². The lowest BCUT2D eigenvalue weighted by Gasteiger charge is -2.34. The second kappa shape index (κ2) is 8.57. The lowest BCUT2D eigenvalue weighted by molar-refractivity contribution is -0.135. The van der Waals surface area contributed by atoms with Crippen LogP contribution in [0.1, 0.15) is 6.42 Å². The van der Waals surface area contributed by atoms with Crippen LogP contribution in [0.15, 0.2) is 41.3 Å². The van der Waals surface area contributed by atoms with Gasteiger partial charge in [-0.1, -0.05) is 23.7 Å². The molecule has 156 valence electrons. The van der Waals surface area contributed by atoms with Crippen LogP contribution in [0.25, 0.3) is 10.8 Å². The van der Waals surface area contributed by atoms with Crippen molar-refractivity contribution in [2.75, 3.05) is 45.9 Å². The smallest absolute Gasteiger partial charge is 0.243 e. The Bertz CT molecular complexity index is 1010. The summed E-state index contributed by atoms with van der Waals surface area (Å²) in [4.78, 5) is 14.6. The zero-order valence-corrected chi connectivity index (χ0v) is 17.6. The third kappa shape index (κ3) is 4.57. The number of morpholine rings is 1. The minimum Gasteiger partial charge on any atom is -0.378 e. The highest BCUT2D eigenvalue weighted by atomic mass is 35.5. The van der Waals surface area contributed by atoms with Crippen molar-refractivity contribution in [2.24, 2.45) is 0 Å². The highest BCUT2D eigenvalue weighted by Crippen LogP contribution is 2.25. The van der Waals surface area contributed by atoms with Gasteiger partial charge in [0.15, 0.2) is 0 Å². The second-order valence-corrected chi connectivity index (χ2v) is 9.74. The molecule has 29 heavy (non-hydrogen) atoms. The molecular formula is C20H24ClN3O4S. The Morgan fingerprint density at radius 2 is 1.83 bits per heavy atom. The van der Waals surface area contributed by atoms with Gasteiger partial charge in [0.1, 0.15) is 0 Å². The number of amides is 1. The summed E-state index contributed by atoms with van der Waals surface area (Å²) in [5.74, 6) is 0.0348. The maximum Gasteiger partial charge on any atom is 0.243 e. The first-order valence-corrected chi connectivity index (χ1v) is 11.5. The van der Waals surface area contributed by atoms with Gasteiger partial charge < -0.3 is 15.0 Å². The fourth-order valence-electron chi connectivity index (χ4n) is 3.81. The molecule has 1 amide bonds. The van der Waals surface area contributed by atoms with Crippen LogP contribution in [0.4, 0.5) is 0 Å². The van der Waals surface area contributed by atoms with Gasteiger partial charge in [0.2, 0.25) is 15.9 Å². The number of ether oxygens (including phenoxy) is 1. The zero-order valence-electron chi connectivity index (χ0n) is 16.0. The number of nitrogens with zero attached hydrogens (tertiary/aromatic N) is 2. The molecule has 1 unspecified atom stereocenters. The Balaban J connectivity index is 1.48. The van der Waals surface area contributed by atoms with Crippen molar-refractivity contribution in [1.29, 1.82) is 0 Å². The highest BCUT2D eigenvalue weighted by molar-refractivity contribution is 7.89. The third-order valence-corrected chi connectivity index (χ3v) is 7.51. The number of piperazine rings is 1. The Hall–Kier alpha value is -1.71. The molecule has 2 aliphatic rings. The van der Waals surface area contributed by atoms with Gasteiger partial charge in [-0.15, -0.1) is 0 Å². The number of carbonyl (C=O) groups is 1. The molecule has 2 fully saturated rings. The summed E-state index contributed by atoms with van der Waals surface area (Å²) in [6, 6.07) is 10.2. The first-order chi connectivity index (χ1) is 13.9. The molecule has 0 aromatic heterocycles. The number of sulfonamides is 1. The van der Waals surface area contributed by atoms with Gasteiger partial charge in [-0.2, -0.15) is 4.31 Å². The van der Waals surface area contributed by atoms with Crippen LogP contribution in [0.3, 0.4) is 0 Å². The number of hydrogen-bond acceptors (Lipinski definition) is 5. The Kier molecular flexibility index (Phi) is 6.08. The van der Waals surface area contributed by atoms with Crippen LogP contribution >= 0.6 is 11.6 Å². The first-order valence-electron chi connectivity index (χ1n) is 9.72. The van der Waals surface area contributed by atoms with E-state index in [1.807, 2.05) is 12.1 Å². The van der Waals surface area contributed by atoms with Crippen molar-refractivity contribution < 1.29 is 17.9 Å². The number of hydrogen-bond donors (Lipinski definition) is 1. The standard InChI is InChI=1S/C20H24ClN3O4S/c21-17-3-1-16-12-19(4-2-15(16)11-17)29(26,27)24-6-5-22-18(14-24)13-20(25)23-7-9-28-10-8-23/h1-4,11-12,18,22H,5-10,13-14H2. The van der Waals surface area contributed by atoms with Gasteiger partial charge in [-0.25, -0.2) is 8.42 Å². The van der Waals surface area contributed by atoms with E-state index in [1.165, 1.54) is 4.31 Å². The number of rotatable bonds is 4. The molecule has 2 aromatic carbocycles. The van der Waals surface area contributed by atoms with Crippen molar-refractivity contribution in [3.8, 4) is 0 Å². The predicted molar refractivity (Wildman–Crippen MR) is 112 cm³/mol. The molecule has 2 aliphatic heterocycles. The van der Waals surface area contributed by atoms with Crippen LogP contribution < -0.4 is 5.32 Å². The molecule has 1 atom stereocenters. The average Bonchev–Trinajstić information content (AvgIpc) is 2.74. The monoisotopic (exact) mass is 437 g/mol. The molecule has 2 heterocycles. The fraction of sp³-hybridized carbons (Fsp3) is 0.450. The zero-order chi connectivity index (χ0) is 20.4. The van der Waals surface area contributed by atoms with E-state index >= 15 is 0 Å². The molecule has 7 nitrogen and oxygen atoms in total. The largest absolute Gasteiger partial charge is 0.378 e. The van der Waals surface area contributed by atoms with Crippen molar-refractivity contribution in [1.82, 2.24) is 14.5 Å². The normalized spacial score (nSPS) is 21.4. The van der Waals surface area contributed by atoms with Crippen LogP contribution in [0.5, 0.6) is 0 Å². The number of nitrogens with one attached hydrogen (secondary N) is 1. The van der Waals surface area contributed by atoms with Crippen LogP contribution in [-0.2, 0) is 19.6 Å². The molecule has 0 spiro atoms. The Morgan fingerprint density at radius 3 is 2.62 bits per heavy atom. The molecule has 1 N–H and O–H groups in total. The van der Waals surface area contributed by atoms with Gasteiger partial charge in [-0.05, 0) is 35.0 Å². The number of fused-ring (bicyclic) bond motifs is 1. The summed E-state index contributed by atoms with van der Waals surface area (Å²) in [5.41, 5.74) is 0. The van der Waals surface area contributed by atoms with Gasteiger partial charge in [-0.3, -0.25) is 4.79 Å². The molecule has 4 rings (SSSR count). The van der Waals surface area contributed by atoms with Gasteiger partial charge in [0.25, 0.3) is 0 Å². The molecular weight excluding hydrogens is 414 g/mol. The first kappa shape index (κ1) is 20.6. The van der Waals surface area contributed by atoms with E-state index in [-0.39, 0.29) is 29.8 Å². The molecule has 0 saturated carbocycles. The molecule has 2 aromatic rings. The van der Waals surface area contributed by atoms with Crippen molar-refractivity contribution >= 4 is 38.3 Å². The van der Waals surface area contributed by atoms with E-state index in [9.17, 15) is 13.2 Å². The lowest BCUT2D eigenvalue weighted by Crippen LogP contribution is -2.54. The molecule has 0 radical (unpaired) electrons. The lowest BCUT2D eigenvalue weighted by atomic mass is 10.1. The topological polar surface area (TPSA) is 79.0 Å². The predicted octanol–water partition coefficient (Wildman–Crippen LogP) is 1.70. The average molecular weight is 438 g/mol. The van der Waals surface area contributed by atoms with Crippen molar-refractivity contribution in [3.05, 3.63) is 41.4 Å². The summed E-state index contributed by atoms with van der Waals surface area (Å²) in [6.07, 6.45) is 0.280. The van der Waals surface area contributed by atoms with Crippen molar-refractivity contribution in [3.63, 3.8) is 0 Å². The molecule has 9 heteroatoms. The summed E-state index contributed by atoms with van der Waals surface area (Å²) >= 11 is 6.01. The van der Waals surface area contributed by atoms with E-state index in [0.29, 0.717) is 44.4 Å². The van der Waals surface area contributed by atoms with Crippen molar-refractivity contribution in [2.45, 2.75) is 17.4 Å². The van der Waals surface area contributed by atoms with Crippen LogP contribution in [-0.4, -0.2) is 75.5 Å². The fourth-order valence-corrected chi connectivity index (χ4v) is 5.51. The highest BCUT2D eigenvalue weighted by Gasteiger charge is 2.32. The third-order valence-electron chi connectivity index (χ3n) is 5.41. The quantitative estimate of drug-likeness (QED) is 0.787.